The number of hydrogen-bond acceptors (Lipinski definition) is 2. The first-order valence-electron chi connectivity index (χ1n) is 7.83. The highest BCUT2D eigenvalue weighted by Crippen LogP contribution is 2.50. The van der Waals surface area contributed by atoms with E-state index in [2.05, 4.69) is 18.2 Å². The fourth-order valence-corrected chi connectivity index (χ4v) is 5.38. The summed E-state index contributed by atoms with van der Waals surface area (Å²) in [5, 5.41) is 0. The minimum absolute atomic E-state index is 0.357. The van der Waals surface area contributed by atoms with E-state index in [1.165, 1.54) is 30.6 Å². The van der Waals surface area contributed by atoms with Crippen LogP contribution in [-0.4, -0.2) is 18.2 Å². The number of carbonyl (C=O) groups is 1. The van der Waals surface area contributed by atoms with E-state index >= 15 is 0 Å². The summed E-state index contributed by atoms with van der Waals surface area (Å²) < 4.78 is 0. The largest absolute Gasteiger partial charge is 0.310 e. The number of thioether (sulfide) groups is 1. The average molecular weight is 287 g/mol. The molecular formula is C17H21NOS. The van der Waals surface area contributed by atoms with Gasteiger partial charge in [-0.25, -0.2) is 0 Å². The zero-order chi connectivity index (χ0) is 13.5. The Hall–Kier alpha value is -0.960. The number of amides is 1. The molecule has 2 aliphatic carbocycles. The second kappa shape index (κ2) is 5.10. The first kappa shape index (κ1) is 12.8. The predicted molar refractivity (Wildman–Crippen MR) is 83.1 cm³/mol. The molecule has 20 heavy (non-hydrogen) atoms. The molecule has 1 aromatic rings. The quantitative estimate of drug-likeness (QED) is 0.821. The summed E-state index contributed by atoms with van der Waals surface area (Å²) >= 11 is 1.87. The first-order valence-corrected chi connectivity index (χ1v) is 8.82. The van der Waals surface area contributed by atoms with E-state index < -0.39 is 0 Å². The number of fused-ring (bicyclic) bond motifs is 3. The third-order valence-corrected chi connectivity index (χ3v) is 6.39. The highest BCUT2D eigenvalue weighted by molar-refractivity contribution is 7.99. The van der Waals surface area contributed by atoms with Crippen molar-refractivity contribution in [3.8, 4) is 0 Å². The first-order chi connectivity index (χ1) is 9.81. The number of nitrogens with zero attached hydrogens (tertiary/aromatic N) is 1. The van der Waals surface area contributed by atoms with E-state index in [1.54, 1.807) is 0 Å². The van der Waals surface area contributed by atoms with Gasteiger partial charge in [0.05, 0.1) is 5.69 Å². The van der Waals surface area contributed by atoms with Crippen LogP contribution < -0.4 is 4.90 Å². The Morgan fingerprint density at radius 1 is 1.25 bits per heavy atom. The van der Waals surface area contributed by atoms with Crippen molar-refractivity contribution in [1.82, 2.24) is 0 Å². The fraction of sp³-hybridized carbons (Fsp3) is 0.588. The van der Waals surface area contributed by atoms with Gasteiger partial charge in [-0.2, -0.15) is 0 Å². The average Bonchev–Trinajstić information content (AvgIpc) is 3.09. The third-order valence-electron chi connectivity index (χ3n) is 5.35. The van der Waals surface area contributed by atoms with Crippen LogP contribution >= 0.6 is 11.8 Å². The Balaban J connectivity index is 1.49. The molecule has 1 heterocycles. The zero-order valence-electron chi connectivity index (χ0n) is 11.8. The smallest absolute Gasteiger partial charge is 0.227 e. The maximum atomic E-state index is 12.7. The van der Waals surface area contributed by atoms with Gasteiger partial charge in [0.25, 0.3) is 0 Å². The zero-order valence-corrected chi connectivity index (χ0v) is 12.6. The molecule has 0 N–H and O–H groups in total. The van der Waals surface area contributed by atoms with Crippen LogP contribution in [0.3, 0.4) is 0 Å². The summed E-state index contributed by atoms with van der Waals surface area (Å²) in [6, 6.07) is 8.34. The van der Waals surface area contributed by atoms with Crippen molar-refractivity contribution in [3.05, 3.63) is 24.3 Å². The Bertz CT molecular complexity index is 529. The summed E-state index contributed by atoms with van der Waals surface area (Å²) in [5.41, 5.74) is 1.14. The lowest BCUT2D eigenvalue weighted by Gasteiger charge is -2.31. The minimum Gasteiger partial charge on any atom is -0.310 e. The SMILES string of the molecule is O=C(C[C@H]1C[C@H]2CC[C@H]1C2)N1CCSc2ccccc21. The molecule has 3 atom stereocenters. The lowest BCUT2D eigenvalue weighted by molar-refractivity contribution is -0.119. The van der Waals surface area contributed by atoms with E-state index in [0.717, 1.165) is 36.2 Å². The number of carbonyl (C=O) groups excluding carboxylic acids is 1. The van der Waals surface area contributed by atoms with Gasteiger partial charge in [-0.3, -0.25) is 4.79 Å². The van der Waals surface area contributed by atoms with E-state index in [4.69, 9.17) is 0 Å². The number of benzene rings is 1. The molecule has 3 aliphatic rings. The lowest BCUT2D eigenvalue weighted by atomic mass is 9.86. The van der Waals surface area contributed by atoms with Gasteiger partial charge in [-0.15, -0.1) is 11.8 Å². The summed E-state index contributed by atoms with van der Waals surface area (Å²) in [4.78, 5) is 16.0. The fourth-order valence-electron chi connectivity index (χ4n) is 4.39. The Labute approximate surface area is 124 Å². The van der Waals surface area contributed by atoms with Gasteiger partial charge in [0.1, 0.15) is 0 Å². The van der Waals surface area contributed by atoms with Gasteiger partial charge in [-0.05, 0) is 49.1 Å². The van der Waals surface area contributed by atoms with Crippen LogP contribution in [0.2, 0.25) is 0 Å². The molecule has 2 fully saturated rings. The van der Waals surface area contributed by atoms with Gasteiger partial charge >= 0.3 is 0 Å². The van der Waals surface area contributed by atoms with E-state index in [0.29, 0.717) is 11.8 Å². The molecule has 1 amide bonds. The normalized spacial score (nSPS) is 31.4. The molecule has 106 valence electrons. The molecule has 1 aromatic carbocycles. The van der Waals surface area contributed by atoms with Gasteiger partial charge < -0.3 is 4.90 Å². The van der Waals surface area contributed by atoms with Crippen molar-refractivity contribution in [2.75, 3.05) is 17.2 Å². The molecule has 2 bridgehead atoms. The van der Waals surface area contributed by atoms with Gasteiger partial charge in [-0.1, -0.05) is 18.6 Å². The summed E-state index contributed by atoms with van der Waals surface area (Å²) in [5.74, 6) is 3.83. The molecule has 0 spiro atoms. The monoisotopic (exact) mass is 287 g/mol. The van der Waals surface area contributed by atoms with Crippen molar-refractivity contribution < 1.29 is 4.79 Å². The maximum absolute atomic E-state index is 12.7. The standard InChI is InChI=1S/C17H21NOS/c19-17(11-14-10-12-5-6-13(14)9-12)18-7-8-20-16-4-2-1-3-15(16)18/h1-4,12-14H,5-11H2/t12-,13-,14+/m0/s1. The molecule has 0 unspecified atom stereocenters. The second-order valence-corrected chi connectivity index (χ2v) is 7.64. The topological polar surface area (TPSA) is 20.3 Å². The molecule has 4 rings (SSSR count). The van der Waals surface area contributed by atoms with E-state index in [9.17, 15) is 4.79 Å². The van der Waals surface area contributed by atoms with Crippen molar-refractivity contribution in [2.24, 2.45) is 17.8 Å². The summed E-state index contributed by atoms with van der Waals surface area (Å²) in [6.07, 6.45) is 6.26. The summed E-state index contributed by atoms with van der Waals surface area (Å²) in [6.45, 7) is 0.876. The van der Waals surface area contributed by atoms with Crippen LogP contribution in [0.25, 0.3) is 0 Å². The lowest BCUT2D eigenvalue weighted by Crippen LogP contribution is -2.37. The molecular weight excluding hydrogens is 266 g/mol. The Morgan fingerprint density at radius 2 is 2.15 bits per heavy atom. The van der Waals surface area contributed by atoms with Crippen molar-refractivity contribution in [1.29, 1.82) is 0 Å². The van der Waals surface area contributed by atoms with Crippen LogP contribution in [0.5, 0.6) is 0 Å². The summed E-state index contributed by atoms with van der Waals surface area (Å²) in [7, 11) is 0. The van der Waals surface area contributed by atoms with Crippen molar-refractivity contribution >= 4 is 23.4 Å². The maximum Gasteiger partial charge on any atom is 0.227 e. The Kier molecular flexibility index (Phi) is 3.25. The number of hydrogen-bond donors (Lipinski definition) is 0. The van der Waals surface area contributed by atoms with Gasteiger partial charge in [0, 0.05) is 23.6 Å². The number of para-hydroxylation sites is 1. The van der Waals surface area contributed by atoms with Crippen molar-refractivity contribution in [3.63, 3.8) is 0 Å². The highest BCUT2D eigenvalue weighted by atomic mass is 32.2. The van der Waals surface area contributed by atoms with Crippen LogP contribution in [0, 0.1) is 17.8 Å². The predicted octanol–water partition coefficient (Wildman–Crippen LogP) is 3.95. The highest BCUT2D eigenvalue weighted by Gasteiger charge is 2.40. The molecule has 0 aromatic heterocycles. The van der Waals surface area contributed by atoms with E-state index in [-0.39, 0.29) is 0 Å². The van der Waals surface area contributed by atoms with Crippen molar-refractivity contribution in [2.45, 2.75) is 37.0 Å². The van der Waals surface area contributed by atoms with E-state index in [1.807, 2.05) is 22.7 Å². The Morgan fingerprint density at radius 3 is 2.95 bits per heavy atom. The number of anilines is 1. The molecule has 0 saturated heterocycles. The molecule has 2 saturated carbocycles. The third kappa shape index (κ3) is 2.16. The molecule has 1 aliphatic heterocycles. The molecule has 3 heteroatoms. The van der Waals surface area contributed by atoms with Crippen LogP contribution in [-0.2, 0) is 4.79 Å². The number of rotatable bonds is 2. The molecule has 2 nitrogen and oxygen atoms in total. The molecule has 0 radical (unpaired) electrons. The van der Waals surface area contributed by atoms with Gasteiger partial charge in [0.2, 0.25) is 5.91 Å². The van der Waals surface area contributed by atoms with Crippen LogP contribution in [0.4, 0.5) is 5.69 Å². The second-order valence-electron chi connectivity index (χ2n) is 6.50. The van der Waals surface area contributed by atoms with Crippen LogP contribution in [0.1, 0.15) is 32.1 Å². The van der Waals surface area contributed by atoms with Gasteiger partial charge in [0.15, 0.2) is 0 Å². The van der Waals surface area contributed by atoms with Crippen LogP contribution in [0.15, 0.2) is 29.2 Å². The minimum atomic E-state index is 0.357.